The van der Waals surface area contributed by atoms with Gasteiger partial charge in [0.1, 0.15) is 11.8 Å². The van der Waals surface area contributed by atoms with Gasteiger partial charge in [-0.05, 0) is 24.3 Å². The zero-order valence-corrected chi connectivity index (χ0v) is 14.8. The summed E-state index contributed by atoms with van der Waals surface area (Å²) in [6, 6.07) is 10.4. The van der Waals surface area contributed by atoms with Crippen molar-refractivity contribution in [1.29, 1.82) is 0 Å². The van der Waals surface area contributed by atoms with Crippen molar-refractivity contribution in [1.82, 2.24) is 14.7 Å². The summed E-state index contributed by atoms with van der Waals surface area (Å²) in [6.45, 7) is 0.692. The van der Waals surface area contributed by atoms with E-state index in [2.05, 4.69) is 5.10 Å². The van der Waals surface area contributed by atoms with E-state index in [9.17, 15) is 18.0 Å². The van der Waals surface area contributed by atoms with Crippen LogP contribution in [0.1, 0.15) is 40.7 Å². The van der Waals surface area contributed by atoms with Crippen molar-refractivity contribution in [2.75, 3.05) is 13.1 Å². The van der Waals surface area contributed by atoms with Gasteiger partial charge in [-0.25, -0.2) is 0 Å². The minimum atomic E-state index is -4.58. The molecule has 2 atom stereocenters. The minimum absolute atomic E-state index is 0.0643. The third-order valence-corrected chi connectivity index (χ3v) is 5.12. The molecule has 2 heterocycles. The Hall–Kier alpha value is -2.35. The summed E-state index contributed by atoms with van der Waals surface area (Å²) in [4.78, 5) is 14.6. The molecule has 5 nitrogen and oxygen atoms in total. The average Bonchev–Trinajstić information content (AvgIpc) is 3.42. The standard InChI is InChI=1S/C19H20F3N3O2/c1-24-14(9-17(23-24)19(20,21)22)18(26)25-10-15(12-5-3-2-4-6-12)27-16(11-25)13-7-8-13/h2-6,9,13,15-16H,7-8,10-11H2,1H3/t15-,16+/m0/s1. The second-order valence-corrected chi connectivity index (χ2v) is 7.16. The summed E-state index contributed by atoms with van der Waals surface area (Å²) >= 11 is 0. The largest absolute Gasteiger partial charge is 0.435 e. The fraction of sp³-hybridized carbons (Fsp3) is 0.474. The van der Waals surface area contributed by atoms with Gasteiger partial charge < -0.3 is 9.64 Å². The Kier molecular flexibility index (Phi) is 4.46. The number of benzene rings is 1. The first-order valence-corrected chi connectivity index (χ1v) is 8.94. The van der Waals surface area contributed by atoms with Crippen LogP contribution in [0, 0.1) is 5.92 Å². The Labute approximate surface area is 154 Å². The number of hydrogen-bond donors (Lipinski definition) is 0. The number of alkyl halides is 3. The zero-order valence-electron chi connectivity index (χ0n) is 14.8. The molecule has 0 bridgehead atoms. The Morgan fingerprint density at radius 3 is 2.48 bits per heavy atom. The predicted molar refractivity (Wildman–Crippen MR) is 90.9 cm³/mol. The lowest BCUT2D eigenvalue weighted by Crippen LogP contribution is -2.48. The molecule has 0 radical (unpaired) electrons. The van der Waals surface area contributed by atoms with Crippen LogP contribution in [0.2, 0.25) is 0 Å². The fourth-order valence-electron chi connectivity index (χ4n) is 3.50. The first kappa shape index (κ1) is 18.0. The molecular formula is C19H20F3N3O2. The van der Waals surface area contributed by atoms with E-state index in [1.807, 2.05) is 30.3 Å². The summed E-state index contributed by atoms with van der Waals surface area (Å²) < 4.78 is 46.0. The minimum Gasteiger partial charge on any atom is -0.366 e. The Morgan fingerprint density at radius 1 is 1.19 bits per heavy atom. The van der Waals surface area contributed by atoms with Crippen molar-refractivity contribution >= 4 is 5.91 Å². The van der Waals surface area contributed by atoms with Gasteiger partial charge in [0.15, 0.2) is 5.69 Å². The molecule has 144 valence electrons. The number of morpholine rings is 1. The van der Waals surface area contributed by atoms with Gasteiger partial charge in [-0.2, -0.15) is 18.3 Å². The van der Waals surface area contributed by atoms with Crippen LogP contribution in [0.5, 0.6) is 0 Å². The summed E-state index contributed by atoms with van der Waals surface area (Å²) in [7, 11) is 1.36. The highest BCUT2D eigenvalue weighted by atomic mass is 19.4. The lowest BCUT2D eigenvalue weighted by Gasteiger charge is -2.38. The average molecular weight is 379 g/mol. The van der Waals surface area contributed by atoms with Crippen LogP contribution in [0.25, 0.3) is 0 Å². The van der Waals surface area contributed by atoms with Crippen LogP contribution < -0.4 is 0 Å². The molecule has 8 heteroatoms. The molecule has 1 saturated heterocycles. The van der Waals surface area contributed by atoms with E-state index < -0.39 is 17.8 Å². The maximum atomic E-state index is 13.0. The molecule has 1 aliphatic heterocycles. The van der Waals surface area contributed by atoms with Crippen molar-refractivity contribution in [2.24, 2.45) is 13.0 Å². The normalized spacial score (nSPS) is 23.5. The van der Waals surface area contributed by atoms with Crippen molar-refractivity contribution in [2.45, 2.75) is 31.2 Å². The Morgan fingerprint density at radius 2 is 1.89 bits per heavy atom. The van der Waals surface area contributed by atoms with E-state index in [0.717, 1.165) is 29.2 Å². The molecule has 1 aliphatic carbocycles. The molecule has 1 saturated carbocycles. The van der Waals surface area contributed by atoms with Crippen molar-refractivity contribution in [3.63, 3.8) is 0 Å². The predicted octanol–water partition coefficient (Wildman–Crippen LogP) is 3.43. The van der Waals surface area contributed by atoms with E-state index >= 15 is 0 Å². The number of nitrogens with zero attached hydrogens (tertiary/aromatic N) is 3. The molecule has 2 aromatic rings. The summed E-state index contributed by atoms with van der Waals surface area (Å²) in [6.07, 6.45) is -2.85. The van der Waals surface area contributed by atoms with Crippen LogP contribution >= 0.6 is 0 Å². The topological polar surface area (TPSA) is 47.4 Å². The van der Waals surface area contributed by atoms with E-state index in [4.69, 9.17) is 4.74 Å². The number of halogens is 3. The molecule has 0 N–H and O–H groups in total. The summed E-state index contributed by atoms with van der Waals surface area (Å²) in [5.74, 6) is -0.0422. The first-order chi connectivity index (χ1) is 12.8. The van der Waals surface area contributed by atoms with Crippen LogP contribution in [0.15, 0.2) is 36.4 Å². The van der Waals surface area contributed by atoms with Gasteiger partial charge in [0.05, 0.1) is 12.6 Å². The SMILES string of the molecule is Cn1nc(C(F)(F)F)cc1C(=O)N1C[C@@H](c2ccccc2)O[C@@H](C2CC2)C1. The maximum Gasteiger partial charge on any atom is 0.435 e. The Bertz CT molecular complexity index is 830. The van der Waals surface area contributed by atoms with Gasteiger partial charge in [-0.1, -0.05) is 30.3 Å². The molecule has 1 aromatic heterocycles. The number of rotatable bonds is 3. The van der Waals surface area contributed by atoms with Crippen molar-refractivity contribution < 1.29 is 22.7 Å². The second-order valence-electron chi connectivity index (χ2n) is 7.16. The van der Waals surface area contributed by atoms with Gasteiger partial charge >= 0.3 is 6.18 Å². The van der Waals surface area contributed by atoms with Gasteiger partial charge in [0.2, 0.25) is 0 Å². The van der Waals surface area contributed by atoms with Crippen molar-refractivity contribution in [3.8, 4) is 0 Å². The molecule has 2 aliphatic rings. The van der Waals surface area contributed by atoms with Crippen molar-refractivity contribution in [3.05, 3.63) is 53.3 Å². The number of aryl methyl sites for hydroxylation is 1. The molecule has 0 unspecified atom stereocenters. The number of ether oxygens (including phenoxy) is 1. The third kappa shape index (κ3) is 3.71. The Balaban J connectivity index is 1.59. The molecule has 4 rings (SSSR count). The van der Waals surface area contributed by atoms with E-state index in [0.29, 0.717) is 19.0 Å². The second kappa shape index (κ2) is 6.67. The van der Waals surface area contributed by atoms with E-state index in [1.165, 1.54) is 7.05 Å². The fourth-order valence-corrected chi connectivity index (χ4v) is 3.50. The number of aromatic nitrogens is 2. The molecule has 0 spiro atoms. The van der Waals surface area contributed by atoms with Gasteiger partial charge in [-0.3, -0.25) is 9.48 Å². The van der Waals surface area contributed by atoms with Crippen LogP contribution in [-0.4, -0.2) is 39.8 Å². The van der Waals surface area contributed by atoms with E-state index in [1.54, 1.807) is 4.90 Å². The quantitative estimate of drug-likeness (QED) is 0.821. The monoisotopic (exact) mass is 379 g/mol. The van der Waals surface area contributed by atoms with Gasteiger partial charge in [-0.15, -0.1) is 0 Å². The van der Waals surface area contributed by atoms with Crippen LogP contribution in [0.4, 0.5) is 13.2 Å². The highest BCUT2D eigenvalue weighted by Crippen LogP contribution is 2.40. The molecule has 27 heavy (non-hydrogen) atoms. The first-order valence-electron chi connectivity index (χ1n) is 8.94. The number of carbonyl (C=O) groups is 1. The highest BCUT2D eigenvalue weighted by Gasteiger charge is 2.41. The molecule has 1 aromatic carbocycles. The summed E-state index contributed by atoms with van der Waals surface area (Å²) in [5.41, 5.74) is -0.160. The molecular weight excluding hydrogens is 359 g/mol. The molecule has 2 fully saturated rings. The summed E-state index contributed by atoms with van der Waals surface area (Å²) in [5, 5.41) is 3.45. The zero-order chi connectivity index (χ0) is 19.2. The maximum absolute atomic E-state index is 13.0. The van der Waals surface area contributed by atoms with Gasteiger partial charge in [0.25, 0.3) is 5.91 Å². The number of hydrogen-bond acceptors (Lipinski definition) is 3. The lowest BCUT2D eigenvalue weighted by atomic mass is 10.0. The van der Waals surface area contributed by atoms with E-state index in [-0.39, 0.29) is 17.9 Å². The van der Waals surface area contributed by atoms with Crippen LogP contribution in [-0.2, 0) is 18.0 Å². The number of amides is 1. The van der Waals surface area contributed by atoms with Crippen LogP contribution in [0.3, 0.4) is 0 Å². The number of carbonyl (C=O) groups excluding carboxylic acids is 1. The highest BCUT2D eigenvalue weighted by molar-refractivity contribution is 5.92. The lowest BCUT2D eigenvalue weighted by molar-refractivity contribution is -0.141. The van der Waals surface area contributed by atoms with Gasteiger partial charge in [0, 0.05) is 19.7 Å². The smallest absolute Gasteiger partial charge is 0.366 e. The molecule has 1 amide bonds. The third-order valence-electron chi connectivity index (χ3n) is 5.12.